The summed E-state index contributed by atoms with van der Waals surface area (Å²) in [5.74, 6) is 0.469. The van der Waals surface area contributed by atoms with Crippen molar-refractivity contribution in [1.82, 2.24) is 9.80 Å². The van der Waals surface area contributed by atoms with Crippen molar-refractivity contribution < 1.29 is 19.1 Å². The Kier molecular flexibility index (Phi) is 7.03. The van der Waals surface area contributed by atoms with Crippen molar-refractivity contribution in [3.8, 4) is 5.75 Å². The first-order chi connectivity index (χ1) is 14.1. The highest BCUT2D eigenvalue weighted by Gasteiger charge is 2.24. The zero-order valence-electron chi connectivity index (χ0n) is 16.8. The van der Waals surface area contributed by atoms with Crippen molar-refractivity contribution >= 4 is 18.0 Å². The van der Waals surface area contributed by atoms with E-state index in [1.807, 2.05) is 65.6 Å². The lowest BCUT2D eigenvalue weighted by Gasteiger charge is -2.35. The second-order valence-corrected chi connectivity index (χ2v) is 6.87. The van der Waals surface area contributed by atoms with Crippen molar-refractivity contribution in [2.45, 2.75) is 0 Å². The van der Waals surface area contributed by atoms with Crippen LogP contribution in [0.5, 0.6) is 5.75 Å². The molecule has 2 aromatic rings. The van der Waals surface area contributed by atoms with Crippen LogP contribution in [-0.2, 0) is 9.53 Å². The third-order valence-electron chi connectivity index (χ3n) is 4.98. The molecule has 1 fully saturated rings. The van der Waals surface area contributed by atoms with Crippen molar-refractivity contribution in [3.63, 3.8) is 0 Å². The summed E-state index contributed by atoms with van der Waals surface area (Å²) in [7, 11) is 3.01. The number of esters is 1. The van der Waals surface area contributed by atoms with Gasteiger partial charge in [-0.25, -0.2) is 4.79 Å². The van der Waals surface area contributed by atoms with Gasteiger partial charge in [-0.05, 0) is 35.9 Å². The molecule has 0 saturated carbocycles. The minimum atomic E-state index is -0.344. The number of hydrogen-bond donors (Lipinski definition) is 0. The van der Waals surface area contributed by atoms with Gasteiger partial charge in [0.05, 0.1) is 19.8 Å². The lowest BCUT2D eigenvalue weighted by Crippen LogP contribution is -2.49. The molecule has 1 aliphatic heterocycles. The van der Waals surface area contributed by atoms with Gasteiger partial charge in [-0.1, -0.05) is 30.3 Å². The van der Waals surface area contributed by atoms with Gasteiger partial charge < -0.3 is 14.4 Å². The molecule has 2 aromatic carbocycles. The Morgan fingerprint density at radius 2 is 1.59 bits per heavy atom. The summed E-state index contributed by atoms with van der Waals surface area (Å²) < 4.78 is 10.1. The maximum Gasteiger partial charge on any atom is 0.335 e. The van der Waals surface area contributed by atoms with Gasteiger partial charge in [-0.15, -0.1) is 0 Å². The molecule has 1 amide bonds. The van der Waals surface area contributed by atoms with E-state index in [0.29, 0.717) is 43.9 Å². The number of ether oxygens (including phenoxy) is 2. The van der Waals surface area contributed by atoms with Crippen LogP contribution in [0.25, 0.3) is 6.08 Å². The second-order valence-electron chi connectivity index (χ2n) is 6.87. The fourth-order valence-electron chi connectivity index (χ4n) is 3.31. The van der Waals surface area contributed by atoms with Gasteiger partial charge in [0.1, 0.15) is 5.75 Å². The number of piperazine rings is 1. The normalized spacial score (nSPS) is 15.1. The molecule has 1 aliphatic rings. The highest BCUT2D eigenvalue weighted by Crippen LogP contribution is 2.16. The Morgan fingerprint density at radius 1 is 0.931 bits per heavy atom. The smallest absolute Gasteiger partial charge is 0.335 e. The van der Waals surface area contributed by atoms with Gasteiger partial charge in [0.2, 0.25) is 0 Å². The molecular formula is C23H26N2O4. The summed E-state index contributed by atoms with van der Waals surface area (Å²) in [4.78, 5) is 28.9. The number of carbonyl (C=O) groups is 2. The van der Waals surface area contributed by atoms with E-state index in [4.69, 9.17) is 9.47 Å². The molecule has 29 heavy (non-hydrogen) atoms. The van der Waals surface area contributed by atoms with E-state index in [1.165, 1.54) is 7.11 Å². The van der Waals surface area contributed by atoms with Gasteiger partial charge >= 0.3 is 5.97 Å². The van der Waals surface area contributed by atoms with Gasteiger partial charge in [-0.3, -0.25) is 9.69 Å². The largest absolute Gasteiger partial charge is 0.497 e. The Bertz CT molecular complexity index is 854. The van der Waals surface area contributed by atoms with Gasteiger partial charge in [-0.2, -0.15) is 0 Å². The maximum atomic E-state index is 12.6. The molecule has 6 nitrogen and oxygen atoms in total. The fourth-order valence-corrected chi connectivity index (χ4v) is 3.31. The highest BCUT2D eigenvalue weighted by molar-refractivity contribution is 5.95. The van der Waals surface area contributed by atoms with Gasteiger partial charge in [0.25, 0.3) is 5.91 Å². The van der Waals surface area contributed by atoms with Crippen molar-refractivity contribution in [2.24, 2.45) is 0 Å². The molecule has 3 rings (SSSR count). The number of methoxy groups -OCH3 is 2. The summed E-state index contributed by atoms with van der Waals surface area (Å²) in [6, 6.07) is 16.8. The van der Waals surface area contributed by atoms with E-state index in [-0.39, 0.29) is 11.9 Å². The average Bonchev–Trinajstić information content (AvgIpc) is 2.79. The topological polar surface area (TPSA) is 59.1 Å². The predicted octanol–water partition coefficient (Wildman–Crippen LogP) is 2.71. The van der Waals surface area contributed by atoms with Crippen LogP contribution >= 0.6 is 0 Å². The Morgan fingerprint density at radius 3 is 2.17 bits per heavy atom. The summed E-state index contributed by atoms with van der Waals surface area (Å²) in [6.45, 7) is 3.15. The molecule has 0 aromatic heterocycles. The van der Waals surface area contributed by atoms with E-state index in [1.54, 1.807) is 7.11 Å². The summed E-state index contributed by atoms with van der Waals surface area (Å²) in [6.07, 6.45) is 1.84. The highest BCUT2D eigenvalue weighted by atomic mass is 16.5. The zero-order chi connectivity index (χ0) is 20.6. The second kappa shape index (κ2) is 9.89. The van der Waals surface area contributed by atoms with Crippen LogP contribution in [-0.4, -0.2) is 68.6 Å². The van der Waals surface area contributed by atoms with Crippen LogP contribution in [0.1, 0.15) is 15.9 Å². The molecule has 1 heterocycles. The minimum absolute atomic E-state index is 0.0483. The van der Waals surface area contributed by atoms with E-state index in [9.17, 15) is 9.59 Å². The monoisotopic (exact) mass is 394 g/mol. The first-order valence-electron chi connectivity index (χ1n) is 9.60. The first kappa shape index (κ1) is 20.6. The lowest BCUT2D eigenvalue weighted by atomic mass is 10.1. The van der Waals surface area contributed by atoms with Crippen molar-refractivity contribution in [3.05, 3.63) is 71.3 Å². The fraction of sp³-hybridized carbons (Fsp3) is 0.304. The van der Waals surface area contributed by atoms with E-state index >= 15 is 0 Å². The first-order valence-corrected chi connectivity index (χ1v) is 9.60. The SMILES string of the molecule is COC(=O)/C(=C/c1ccc(OC)cc1)CN1CCN(C(=O)c2ccccc2)CC1. The number of benzene rings is 2. The average molecular weight is 394 g/mol. The molecule has 0 atom stereocenters. The number of hydrogen-bond acceptors (Lipinski definition) is 5. The van der Waals surface area contributed by atoms with E-state index in [2.05, 4.69) is 4.90 Å². The van der Waals surface area contributed by atoms with Crippen LogP contribution in [0.3, 0.4) is 0 Å². The summed E-state index contributed by atoms with van der Waals surface area (Å²) >= 11 is 0. The molecule has 0 unspecified atom stereocenters. The minimum Gasteiger partial charge on any atom is -0.497 e. The van der Waals surface area contributed by atoms with Crippen LogP contribution in [0.2, 0.25) is 0 Å². The van der Waals surface area contributed by atoms with Crippen LogP contribution in [0, 0.1) is 0 Å². The van der Waals surface area contributed by atoms with Crippen molar-refractivity contribution in [1.29, 1.82) is 0 Å². The number of amides is 1. The summed E-state index contributed by atoms with van der Waals surface area (Å²) in [5.41, 5.74) is 2.19. The van der Waals surface area contributed by atoms with Crippen LogP contribution in [0.4, 0.5) is 0 Å². The number of carbonyl (C=O) groups excluding carboxylic acids is 2. The van der Waals surface area contributed by atoms with Crippen molar-refractivity contribution in [2.75, 3.05) is 46.9 Å². The van der Waals surface area contributed by atoms with E-state index in [0.717, 1.165) is 11.3 Å². The molecule has 0 spiro atoms. The molecule has 0 bridgehead atoms. The lowest BCUT2D eigenvalue weighted by molar-refractivity contribution is -0.136. The summed E-state index contributed by atoms with van der Waals surface area (Å²) in [5, 5.41) is 0. The number of rotatable bonds is 6. The van der Waals surface area contributed by atoms with E-state index < -0.39 is 0 Å². The molecule has 0 radical (unpaired) electrons. The maximum absolute atomic E-state index is 12.6. The third kappa shape index (κ3) is 5.45. The number of nitrogens with zero attached hydrogens (tertiary/aromatic N) is 2. The Labute approximate surface area is 171 Å². The van der Waals surface area contributed by atoms with Crippen LogP contribution in [0.15, 0.2) is 60.2 Å². The molecule has 0 N–H and O–H groups in total. The third-order valence-corrected chi connectivity index (χ3v) is 4.98. The van der Waals surface area contributed by atoms with Gasteiger partial charge in [0.15, 0.2) is 0 Å². The molecular weight excluding hydrogens is 368 g/mol. The zero-order valence-corrected chi connectivity index (χ0v) is 16.8. The predicted molar refractivity (Wildman–Crippen MR) is 112 cm³/mol. The quantitative estimate of drug-likeness (QED) is 0.557. The molecule has 152 valence electrons. The molecule has 1 saturated heterocycles. The molecule has 6 heteroatoms. The standard InChI is InChI=1S/C23H26N2O4/c1-28-21-10-8-18(9-11-21)16-20(23(27)29-2)17-24-12-14-25(15-13-24)22(26)19-6-4-3-5-7-19/h3-11,16H,12-15,17H2,1-2H3/b20-16+. The Balaban J connectivity index is 1.63. The molecule has 0 aliphatic carbocycles. The Hall–Kier alpha value is -3.12. The van der Waals surface area contributed by atoms with Gasteiger partial charge in [0, 0.05) is 38.3 Å². The van der Waals surface area contributed by atoms with Crippen LogP contribution < -0.4 is 4.74 Å².